The van der Waals surface area contributed by atoms with Crippen LogP contribution < -0.4 is 0 Å². The van der Waals surface area contributed by atoms with Gasteiger partial charge in [0.15, 0.2) is 17.5 Å². The van der Waals surface area contributed by atoms with Gasteiger partial charge in [-0.05, 0) is 75.8 Å². The summed E-state index contributed by atoms with van der Waals surface area (Å²) in [4.78, 5) is 16.2. The molecular formula is C39H23N3OS. The summed E-state index contributed by atoms with van der Waals surface area (Å²) in [7, 11) is 0. The summed E-state index contributed by atoms with van der Waals surface area (Å²) < 4.78 is 7.48. The monoisotopic (exact) mass is 581 g/mol. The summed E-state index contributed by atoms with van der Waals surface area (Å²) in [6, 6.07) is 48.2. The maximum Gasteiger partial charge on any atom is 0.174 e. The summed E-state index contributed by atoms with van der Waals surface area (Å²) in [5, 5.41) is 5.64. The van der Waals surface area contributed by atoms with Gasteiger partial charge in [-0.1, -0.05) is 91.0 Å². The fraction of sp³-hybridized carbons (Fsp3) is 0. The van der Waals surface area contributed by atoms with Gasteiger partial charge in [0.2, 0.25) is 0 Å². The second-order valence-corrected chi connectivity index (χ2v) is 12.0. The highest BCUT2D eigenvalue weighted by Crippen LogP contribution is 2.37. The Morgan fingerprint density at radius 3 is 1.86 bits per heavy atom. The number of fused-ring (bicyclic) bond motifs is 5. The number of aromatic nitrogens is 3. The second kappa shape index (κ2) is 9.97. The molecule has 5 heteroatoms. The van der Waals surface area contributed by atoms with Crippen molar-refractivity contribution in [2.75, 3.05) is 0 Å². The van der Waals surface area contributed by atoms with E-state index in [4.69, 9.17) is 19.4 Å². The Balaban J connectivity index is 1.24. The number of benzene rings is 6. The van der Waals surface area contributed by atoms with Crippen molar-refractivity contribution in [1.82, 2.24) is 15.0 Å². The first-order valence-corrected chi connectivity index (χ1v) is 15.3. The van der Waals surface area contributed by atoms with Gasteiger partial charge in [0.25, 0.3) is 0 Å². The zero-order valence-electron chi connectivity index (χ0n) is 23.4. The molecule has 0 unspecified atom stereocenters. The molecule has 44 heavy (non-hydrogen) atoms. The molecule has 0 radical (unpaired) electrons. The second-order valence-electron chi connectivity index (χ2n) is 10.9. The topological polar surface area (TPSA) is 51.8 Å². The minimum atomic E-state index is 0.629. The van der Waals surface area contributed by atoms with Crippen LogP contribution in [-0.2, 0) is 0 Å². The lowest BCUT2D eigenvalue weighted by Gasteiger charge is -2.09. The smallest absolute Gasteiger partial charge is 0.174 e. The van der Waals surface area contributed by atoms with Crippen molar-refractivity contribution in [3.63, 3.8) is 0 Å². The number of hydrogen-bond donors (Lipinski definition) is 0. The van der Waals surface area contributed by atoms with Gasteiger partial charge in [0.1, 0.15) is 11.2 Å². The van der Waals surface area contributed by atoms with Gasteiger partial charge in [-0.3, -0.25) is 0 Å². The molecule has 0 spiro atoms. The molecule has 0 amide bonds. The van der Waals surface area contributed by atoms with E-state index in [-0.39, 0.29) is 0 Å². The number of furan rings is 1. The maximum absolute atomic E-state index is 6.27. The van der Waals surface area contributed by atoms with E-state index in [2.05, 4.69) is 121 Å². The van der Waals surface area contributed by atoms with Gasteiger partial charge in [-0.25, -0.2) is 15.0 Å². The Bertz CT molecular complexity index is 2480. The van der Waals surface area contributed by atoms with Gasteiger partial charge >= 0.3 is 0 Å². The Kier molecular flexibility index (Phi) is 5.64. The molecule has 0 atom stereocenters. The molecule has 0 aliphatic heterocycles. The van der Waals surface area contributed by atoms with Crippen LogP contribution >= 0.6 is 11.3 Å². The van der Waals surface area contributed by atoms with Crippen LogP contribution in [0.5, 0.6) is 0 Å². The first kappa shape index (κ1) is 24.9. The summed E-state index contributed by atoms with van der Waals surface area (Å²) in [5.41, 5.74) is 5.84. The van der Waals surface area contributed by atoms with Crippen molar-refractivity contribution in [3.05, 3.63) is 140 Å². The third kappa shape index (κ3) is 4.25. The highest BCUT2D eigenvalue weighted by Gasteiger charge is 2.17. The first-order chi connectivity index (χ1) is 21.7. The third-order valence-corrected chi connectivity index (χ3v) is 9.22. The van der Waals surface area contributed by atoms with Gasteiger partial charge in [0, 0.05) is 26.6 Å². The Morgan fingerprint density at radius 2 is 1.05 bits per heavy atom. The van der Waals surface area contributed by atoms with Crippen LogP contribution in [-0.4, -0.2) is 15.0 Å². The van der Waals surface area contributed by atoms with E-state index in [9.17, 15) is 0 Å². The minimum Gasteiger partial charge on any atom is -0.456 e. The van der Waals surface area contributed by atoms with E-state index in [0.29, 0.717) is 17.5 Å². The van der Waals surface area contributed by atoms with E-state index < -0.39 is 0 Å². The largest absolute Gasteiger partial charge is 0.456 e. The minimum absolute atomic E-state index is 0.629. The molecule has 0 saturated heterocycles. The van der Waals surface area contributed by atoms with Crippen LogP contribution in [0.15, 0.2) is 144 Å². The van der Waals surface area contributed by atoms with E-state index in [1.165, 1.54) is 15.5 Å². The normalized spacial score (nSPS) is 11.6. The number of thiophene rings is 1. The number of hydrogen-bond acceptors (Lipinski definition) is 5. The molecule has 3 heterocycles. The number of rotatable bonds is 4. The molecule has 9 rings (SSSR count). The van der Waals surface area contributed by atoms with Crippen LogP contribution in [0.4, 0.5) is 0 Å². The molecule has 0 saturated carbocycles. The summed E-state index contributed by atoms with van der Waals surface area (Å²) in [5.74, 6) is 1.94. The van der Waals surface area contributed by atoms with Crippen molar-refractivity contribution < 1.29 is 4.42 Å². The molecule has 0 bridgehead atoms. The van der Waals surface area contributed by atoms with Gasteiger partial charge in [0.05, 0.1) is 4.88 Å². The summed E-state index contributed by atoms with van der Waals surface area (Å²) in [6.45, 7) is 0. The molecule has 6 aromatic carbocycles. The third-order valence-electron chi connectivity index (χ3n) is 8.10. The van der Waals surface area contributed by atoms with Crippen LogP contribution in [0, 0.1) is 0 Å². The van der Waals surface area contributed by atoms with E-state index in [1.54, 1.807) is 11.3 Å². The van der Waals surface area contributed by atoms with Gasteiger partial charge < -0.3 is 4.42 Å². The van der Waals surface area contributed by atoms with Crippen molar-refractivity contribution in [1.29, 1.82) is 0 Å². The Hall–Kier alpha value is -5.65. The van der Waals surface area contributed by atoms with Gasteiger partial charge in [-0.2, -0.15) is 0 Å². The molecule has 3 aromatic heterocycles. The molecule has 0 N–H and O–H groups in total. The van der Waals surface area contributed by atoms with Crippen molar-refractivity contribution in [3.8, 4) is 44.6 Å². The molecule has 9 aromatic rings. The van der Waals surface area contributed by atoms with Crippen LogP contribution in [0.25, 0.3) is 87.4 Å². The summed E-state index contributed by atoms with van der Waals surface area (Å²) >= 11 is 1.70. The Labute approximate surface area is 256 Å². The predicted octanol–water partition coefficient (Wildman–Crippen LogP) is 10.8. The zero-order chi connectivity index (χ0) is 29.0. The van der Waals surface area contributed by atoms with Crippen LogP contribution in [0.3, 0.4) is 0 Å². The Morgan fingerprint density at radius 1 is 0.409 bits per heavy atom. The molecule has 4 nitrogen and oxygen atoms in total. The average molecular weight is 582 g/mol. The molecule has 206 valence electrons. The predicted molar refractivity (Wildman–Crippen MR) is 182 cm³/mol. The molecule has 0 aliphatic rings. The SMILES string of the molecule is c1ccc(-c2cccc(-c3nc(-c4ccc5oc6cc7ccccc7cc6c5c4)nc(-c4cc5ccccc5s4)n3)c2)cc1. The summed E-state index contributed by atoms with van der Waals surface area (Å²) in [6.07, 6.45) is 0. The fourth-order valence-corrected chi connectivity index (χ4v) is 6.90. The highest BCUT2D eigenvalue weighted by atomic mass is 32.1. The average Bonchev–Trinajstić information content (AvgIpc) is 3.68. The van der Waals surface area contributed by atoms with E-state index >= 15 is 0 Å². The van der Waals surface area contributed by atoms with Crippen molar-refractivity contribution >= 4 is 54.1 Å². The number of nitrogens with zero attached hydrogens (tertiary/aromatic N) is 3. The van der Waals surface area contributed by atoms with Gasteiger partial charge in [-0.15, -0.1) is 11.3 Å². The lowest BCUT2D eigenvalue weighted by atomic mass is 10.0. The quantitative estimate of drug-likeness (QED) is 0.207. The molecule has 0 aliphatic carbocycles. The van der Waals surface area contributed by atoms with Crippen LogP contribution in [0.2, 0.25) is 0 Å². The highest BCUT2D eigenvalue weighted by molar-refractivity contribution is 7.22. The standard InChI is InChI=1S/C39H23N3OS/c1-2-9-24(10-3-1)25-14-8-15-29(19-25)37-40-38(42-39(41-37)36-23-28-13-6-7-16-35(28)44-36)30-17-18-33-31(21-30)32-20-26-11-4-5-12-27(26)22-34(32)43-33/h1-23H. The van der Waals surface area contributed by atoms with E-state index in [0.717, 1.165) is 54.5 Å². The fourth-order valence-electron chi connectivity index (χ4n) is 5.91. The van der Waals surface area contributed by atoms with Crippen molar-refractivity contribution in [2.45, 2.75) is 0 Å². The lowest BCUT2D eigenvalue weighted by Crippen LogP contribution is -1.99. The molecule has 0 fully saturated rings. The first-order valence-electron chi connectivity index (χ1n) is 14.5. The molecular weight excluding hydrogens is 559 g/mol. The van der Waals surface area contributed by atoms with E-state index in [1.807, 2.05) is 18.2 Å². The lowest BCUT2D eigenvalue weighted by molar-refractivity contribution is 0.669. The maximum atomic E-state index is 6.27. The zero-order valence-corrected chi connectivity index (χ0v) is 24.3. The van der Waals surface area contributed by atoms with Crippen molar-refractivity contribution in [2.24, 2.45) is 0 Å². The van der Waals surface area contributed by atoms with Crippen LogP contribution in [0.1, 0.15) is 0 Å².